The number of nitrogens with two attached hydrogens (primary N) is 1. The first-order chi connectivity index (χ1) is 8.96. The molecule has 2 rings (SSSR count). The van der Waals surface area contributed by atoms with Crippen LogP contribution in [0.15, 0.2) is 17.3 Å². The quantitative estimate of drug-likeness (QED) is 0.626. The topological polar surface area (TPSA) is 101 Å². The van der Waals surface area contributed by atoms with Crippen LogP contribution in [0.2, 0.25) is 0 Å². The van der Waals surface area contributed by atoms with Gasteiger partial charge in [0, 0.05) is 12.1 Å². The largest absolute Gasteiger partial charge is 0.292 e. The Morgan fingerprint density at radius 1 is 1.26 bits per heavy atom. The van der Waals surface area contributed by atoms with Gasteiger partial charge in [-0.15, -0.1) is 0 Å². The molecule has 2 heterocycles. The van der Waals surface area contributed by atoms with E-state index in [1.54, 1.807) is 4.31 Å². The van der Waals surface area contributed by atoms with E-state index in [0.29, 0.717) is 0 Å². The average molecular weight is 285 g/mol. The van der Waals surface area contributed by atoms with Crippen molar-refractivity contribution >= 4 is 16.0 Å². The first-order valence-corrected chi connectivity index (χ1v) is 7.73. The zero-order chi connectivity index (χ0) is 14.0. The number of hydrazine groups is 1. The number of anilines is 1. The van der Waals surface area contributed by atoms with Gasteiger partial charge < -0.3 is 0 Å². The smallest absolute Gasteiger partial charge is 0.246 e. The third-order valence-electron chi connectivity index (χ3n) is 3.45. The van der Waals surface area contributed by atoms with Crippen LogP contribution in [0.3, 0.4) is 0 Å². The van der Waals surface area contributed by atoms with E-state index in [1.807, 2.05) is 13.8 Å². The van der Waals surface area contributed by atoms with Gasteiger partial charge in [-0.2, -0.15) is 4.31 Å². The first-order valence-electron chi connectivity index (χ1n) is 6.29. The molecule has 8 heteroatoms. The summed E-state index contributed by atoms with van der Waals surface area (Å²) >= 11 is 0. The van der Waals surface area contributed by atoms with Gasteiger partial charge >= 0.3 is 0 Å². The summed E-state index contributed by atoms with van der Waals surface area (Å²) in [7, 11) is -3.55. The second-order valence-corrected chi connectivity index (χ2v) is 6.69. The molecule has 106 valence electrons. The number of rotatable bonds is 3. The van der Waals surface area contributed by atoms with Crippen LogP contribution in [0.4, 0.5) is 5.95 Å². The minimum Gasteiger partial charge on any atom is -0.292 e. The second-order valence-electron chi connectivity index (χ2n) is 4.85. The maximum Gasteiger partial charge on any atom is 0.246 e. The van der Waals surface area contributed by atoms with Crippen molar-refractivity contribution in [3.8, 4) is 0 Å². The lowest BCUT2D eigenvalue weighted by atomic mass is 10.0. The summed E-state index contributed by atoms with van der Waals surface area (Å²) in [6.07, 6.45) is 5.39. The molecule has 1 aliphatic rings. The fraction of sp³-hybridized carbons (Fsp3) is 0.636. The van der Waals surface area contributed by atoms with Gasteiger partial charge in [0.15, 0.2) is 0 Å². The Morgan fingerprint density at radius 3 is 2.26 bits per heavy atom. The molecule has 0 saturated carbocycles. The van der Waals surface area contributed by atoms with Crippen LogP contribution < -0.4 is 11.3 Å². The Balaban J connectivity index is 2.34. The highest BCUT2D eigenvalue weighted by Gasteiger charge is 2.35. The molecule has 19 heavy (non-hydrogen) atoms. The predicted molar refractivity (Wildman–Crippen MR) is 71.6 cm³/mol. The summed E-state index contributed by atoms with van der Waals surface area (Å²) < 4.78 is 26.8. The number of aromatic nitrogens is 2. The van der Waals surface area contributed by atoms with E-state index in [9.17, 15) is 8.42 Å². The molecule has 0 bridgehead atoms. The molecular formula is C11H19N5O2S. The zero-order valence-electron chi connectivity index (χ0n) is 11.1. The summed E-state index contributed by atoms with van der Waals surface area (Å²) in [6.45, 7) is 3.87. The summed E-state index contributed by atoms with van der Waals surface area (Å²) in [5.41, 5.74) is 2.27. The van der Waals surface area contributed by atoms with Crippen molar-refractivity contribution < 1.29 is 8.42 Å². The fourth-order valence-electron chi connectivity index (χ4n) is 2.52. The highest BCUT2D eigenvalue weighted by molar-refractivity contribution is 7.89. The van der Waals surface area contributed by atoms with Crippen molar-refractivity contribution in [2.45, 2.75) is 50.1 Å². The number of hydrogen-bond donors (Lipinski definition) is 2. The van der Waals surface area contributed by atoms with Crippen molar-refractivity contribution in [1.29, 1.82) is 0 Å². The number of piperidine rings is 1. The summed E-state index contributed by atoms with van der Waals surface area (Å²) in [5.74, 6) is 5.35. The molecule has 0 aromatic carbocycles. The Hall–Kier alpha value is -1.25. The highest BCUT2D eigenvalue weighted by atomic mass is 32.2. The molecule has 7 nitrogen and oxygen atoms in total. The minimum atomic E-state index is -3.55. The number of hydrogen-bond acceptors (Lipinski definition) is 6. The van der Waals surface area contributed by atoms with Crippen molar-refractivity contribution in [2.75, 3.05) is 5.43 Å². The molecule has 1 aliphatic heterocycles. The van der Waals surface area contributed by atoms with E-state index in [4.69, 9.17) is 5.84 Å². The summed E-state index contributed by atoms with van der Waals surface area (Å²) in [6, 6.07) is 0.00196. The van der Waals surface area contributed by atoms with Crippen molar-refractivity contribution in [3.05, 3.63) is 12.4 Å². The van der Waals surface area contributed by atoms with Gasteiger partial charge in [-0.05, 0) is 26.7 Å². The van der Waals surface area contributed by atoms with Crippen LogP contribution in [-0.4, -0.2) is 34.8 Å². The lowest BCUT2D eigenvalue weighted by Gasteiger charge is -2.37. The van der Waals surface area contributed by atoms with Gasteiger partial charge in [0.25, 0.3) is 0 Å². The van der Waals surface area contributed by atoms with E-state index in [1.165, 1.54) is 12.4 Å². The molecule has 1 fully saturated rings. The number of nitrogens with zero attached hydrogens (tertiary/aromatic N) is 3. The third kappa shape index (κ3) is 2.70. The van der Waals surface area contributed by atoms with Gasteiger partial charge in [0.1, 0.15) is 4.90 Å². The van der Waals surface area contributed by atoms with Gasteiger partial charge in [0.05, 0.1) is 12.4 Å². The molecule has 1 aromatic rings. The molecule has 3 N–H and O–H groups in total. The standard InChI is InChI=1S/C11H19N5O2S/c1-8-4-3-5-9(2)16(8)19(17,18)10-6-13-11(15-12)14-7-10/h6-9H,3-5,12H2,1-2H3,(H,13,14,15). The molecule has 0 aliphatic carbocycles. The van der Waals surface area contributed by atoms with E-state index in [2.05, 4.69) is 15.4 Å². The van der Waals surface area contributed by atoms with Crippen molar-refractivity contribution in [2.24, 2.45) is 5.84 Å². The highest BCUT2D eigenvalue weighted by Crippen LogP contribution is 2.28. The van der Waals surface area contributed by atoms with Gasteiger partial charge in [-0.25, -0.2) is 24.2 Å². The van der Waals surface area contributed by atoms with Crippen LogP contribution in [0.5, 0.6) is 0 Å². The molecule has 0 amide bonds. The lowest BCUT2D eigenvalue weighted by molar-refractivity contribution is 0.204. The van der Waals surface area contributed by atoms with E-state index >= 15 is 0 Å². The molecular weight excluding hydrogens is 266 g/mol. The lowest BCUT2D eigenvalue weighted by Crippen LogP contribution is -2.47. The third-order valence-corrected chi connectivity index (χ3v) is 5.53. The normalized spacial score (nSPS) is 25.2. The molecule has 2 atom stereocenters. The number of nitrogen functional groups attached to an aromatic ring is 1. The first kappa shape index (κ1) is 14.2. The minimum absolute atomic E-state index is 0.000981. The SMILES string of the molecule is CC1CCCC(C)N1S(=O)(=O)c1cnc(NN)nc1. The van der Waals surface area contributed by atoms with E-state index in [-0.39, 0.29) is 22.9 Å². The molecule has 0 spiro atoms. The Kier molecular flexibility index (Phi) is 4.02. The number of nitrogens with one attached hydrogen (secondary N) is 1. The number of sulfonamides is 1. The second kappa shape index (κ2) is 5.40. The predicted octanol–water partition coefficient (Wildman–Crippen LogP) is 0.714. The van der Waals surface area contributed by atoms with Crippen LogP contribution in [-0.2, 0) is 10.0 Å². The molecule has 0 radical (unpaired) electrons. The van der Waals surface area contributed by atoms with Gasteiger partial charge in [-0.1, -0.05) is 6.42 Å². The van der Waals surface area contributed by atoms with Crippen molar-refractivity contribution in [1.82, 2.24) is 14.3 Å². The van der Waals surface area contributed by atoms with Crippen LogP contribution in [0.25, 0.3) is 0 Å². The van der Waals surface area contributed by atoms with E-state index < -0.39 is 10.0 Å². The van der Waals surface area contributed by atoms with Crippen LogP contribution in [0, 0.1) is 0 Å². The zero-order valence-corrected chi connectivity index (χ0v) is 11.9. The van der Waals surface area contributed by atoms with Crippen LogP contribution in [0.1, 0.15) is 33.1 Å². The Morgan fingerprint density at radius 2 is 1.79 bits per heavy atom. The fourth-order valence-corrected chi connectivity index (χ4v) is 4.29. The average Bonchev–Trinajstić information content (AvgIpc) is 2.38. The van der Waals surface area contributed by atoms with E-state index in [0.717, 1.165) is 19.3 Å². The summed E-state index contributed by atoms with van der Waals surface area (Å²) in [4.78, 5) is 7.81. The van der Waals surface area contributed by atoms with Crippen molar-refractivity contribution in [3.63, 3.8) is 0 Å². The van der Waals surface area contributed by atoms with Gasteiger partial charge in [-0.3, -0.25) is 5.43 Å². The monoisotopic (exact) mass is 285 g/mol. The Bertz CT molecular complexity index is 521. The molecule has 1 aromatic heterocycles. The maximum absolute atomic E-state index is 12.6. The Labute approximate surface area is 113 Å². The summed E-state index contributed by atoms with van der Waals surface area (Å²) in [5, 5.41) is 0. The molecule has 1 saturated heterocycles. The van der Waals surface area contributed by atoms with Gasteiger partial charge in [0.2, 0.25) is 16.0 Å². The van der Waals surface area contributed by atoms with Crippen LogP contribution >= 0.6 is 0 Å². The molecule has 2 unspecified atom stereocenters. The maximum atomic E-state index is 12.6.